The third kappa shape index (κ3) is 1.86. The summed E-state index contributed by atoms with van der Waals surface area (Å²) in [7, 11) is 1.59. The van der Waals surface area contributed by atoms with Crippen molar-refractivity contribution in [2.45, 2.75) is 6.04 Å². The van der Waals surface area contributed by atoms with Crippen LogP contribution in [-0.2, 0) is 0 Å². The number of hydrogen-bond donors (Lipinski definition) is 2. The number of hydrogen-bond acceptors (Lipinski definition) is 5. The Bertz CT molecular complexity index is 287. The molecule has 0 aliphatic carbocycles. The zero-order chi connectivity index (χ0) is 9.10. The molecule has 70 valence electrons. The van der Waals surface area contributed by atoms with E-state index in [1.165, 1.54) is 0 Å². The maximum Gasteiger partial charge on any atom is 0.226 e. The summed E-state index contributed by atoms with van der Waals surface area (Å²) in [5, 5.41) is 6.35. The molecule has 5 heteroatoms. The summed E-state index contributed by atoms with van der Waals surface area (Å²) in [6.07, 6.45) is 1.68. The first-order valence-electron chi connectivity index (χ1n) is 4.23. The molecule has 0 radical (unpaired) electrons. The molecule has 0 atom stereocenters. The van der Waals surface area contributed by atoms with Crippen LogP contribution in [0, 0.1) is 0 Å². The van der Waals surface area contributed by atoms with Gasteiger partial charge in [0.15, 0.2) is 0 Å². The van der Waals surface area contributed by atoms with Gasteiger partial charge >= 0.3 is 0 Å². The zero-order valence-electron chi connectivity index (χ0n) is 7.45. The van der Waals surface area contributed by atoms with Gasteiger partial charge in [-0.3, -0.25) is 0 Å². The normalized spacial score (nSPS) is 16.4. The maximum absolute atomic E-state index is 4.98. The second kappa shape index (κ2) is 3.57. The molecule has 0 aromatic carbocycles. The SMILES string of the molecule is COc1ccnc(NC2CNC2)n1. The van der Waals surface area contributed by atoms with Crippen LogP contribution in [0.5, 0.6) is 5.88 Å². The van der Waals surface area contributed by atoms with Gasteiger partial charge in [-0.05, 0) is 0 Å². The molecule has 2 N–H and O–H groups in total. The number of nitrogens with one attached hydrogen (secondary N) is 2. The van der Waals surface area contributed by atoms with Gasteiger partial charge in [-0.2, -0.15) is 4.98 Å². The van der Waals surface area contributed by atoms with Gasteiger partial charge < -0.3 is 15.4 Å². The highest BCUT2D eigenvalue weighted by molar-refractivity contribution is 5.29. The third-order valence-corrected chi connectivity index (χ3v) is 1.95. The van der Waals surface area contributed by atoms with Crippen LogP contribution in [0.3, 0.4) is 0 Å². The number of ether oxygens (including phenoxy) is 1. The summed E-state index contributed by atoms with van der Waals surface area (Å²) in [6, 6.07) is 2.18. The molecular formula is C8H12N4O. The molecule has 0 spiro atoms. The lowest BCUT2D eigenvalue weighted by atomic mass is 10.2. The molecule has 0 unspecified atom stereocenters. The van der Waals surface area contributed by atoms with Crippen LogP contribution in [0.25, 0.3) is 0 Å². The highest BCUT2D eigenvalue weighted by Gasteiger charge is 2.16. The fraction of sp³-hybridized carbons (Fsp3) is 0.500. The van der Waals surface area contributed by atoms with E-state index in [1.807, 2.05) is 0 Å². The van der Waals surface area contributed by atoms with Gasteiger partial charge in [0.05, 0.1) is 13.2 Å². The minimum absolute atomic E-state index is 0.451. The predicted octanol–water partition coefficient (Wildman–Crippen LogP) is -0.131. The predicted molar refractivity (Wildman–Crippen MR) is 48.9 cm³/mol. The summed E-state index contributed by atoms with van der Waals surface area (Å²) in [5.41, 5.74) is 0. The first kappa shape index (κ1) is 8.25. The van der Waals surface area contributed by atoms with Gasteiger partial charge in [0.2, 0.25) is 11.8 Å². The Balaban J connectivity index is 2.01. The number of rotatable bonds is 3. The highest BCUT2D eigenvalue weighted by atomic mass is 16.5. The first-order valence-corrected chi connectivity index (χ1v) is 4.23. The van der Waals surface area contributed by atoms with Crippen LogP contribution in [0.4, 0.5) is 5.95 Å². The van der Waals surface area contributed by atoms with Crippen molar-refractivity contribution in [3.63, 3.8) is 0 Å². The van der Waals surface area contributed by atoms with E-state index in [2.05, 4.69) is 20.6 Å². The standard InChI is InChI=1S/C8H12N4O/c1-13-7-2-3-10-8(12-7)11-6-4-9-5-6/h2-3,6,9H,4-5H2,1H3,(H,10,11,12). The van der Waals surface area contributed by atoms with Crippen molar-refractivity contribution in [1.29, 1.82) is 0 Å². The Morgan fingerprint density at radius 2 is 2.46 bits per heavy atom. The average molecular weight is 180 g/mol. The zero-order valence-corrected chi connectivity index (χ0v) is 7.45. The van der Waals surface area contributed by atoms with E-state index in [4.69, 9.17) is 4.74 Å². The van der Waals surface area contributed by atoms with Crippen LogP contribution in [-0.4, -0.2) is 36.2 Å². The molecule has 5 nitrogen and oxygen atoms in total. The van der Waals surface area contributed by atoms with Crippen LogP contribution >= 0.6 is 0 Å². The lowest BCUT2D eigenvalue weighted by Gasteiger charge is -2.27. The summed E-state index contributed by atoms with van der Waals surface area (Å²) in [4.78, 5) is 8.22. The molecular weight excluding hydrogens is 168 g/mol. The number of nitrogens with zero attached hydrogens (tertiary/aromatic N) is 2. The van der Waals surface area contributed by atoms with E-state index in [9.17, 15) is 0 Å². The van der Waals surface area contributed by atoms with E-state index in [0.717, 1.165) is 13.1 Å². The minimum atomic E-state index is 0.451. The summed E-state index contributed by atoms with van der Waals surface area (Å²) in [5.74, 6) is 1.22. The quantitative estimate of drug-likeness (QED) is 0.678. The maximum atomic E-state index is 4.98. The summed E-state index contributed by atoms with van der Waals surface area (Å²) in [6.45, 7) is 1.95. The molecule has 1 aromatic heterocycles. The van der Waals surface area contributed by atoms with Crippen LogP contribution in [0.2, 0.25) is 0 Å². The second-order valence-electron chi connectivity index (χ2n) is 2.92. The van der Waals surface area contributed by atoms with E-state index in [0.29, 0.717) is 17.9 Å². The Kier molecular flexibility index (Phi) is 2.27. The second-order valence-corrected chi connectivity index (χ2v) is 2.92. The van der Waals surface area contributed by atoms with Crippen molar-refractivity contribution in [2.24, 2.45) is 0 Å². The Hall–Kier alpha value is -1.36. The Morgan fingerprint density at radius 3 is 3.08 bits per heavy atom. The van der Waals surface area contributed by atoms with Crippen LogP contribution < -0.4 is 15.4 Å². The van der Waals surface area contributed by atoms with Gasteiger partial charge in [0, 0.05) is 25.4 Å². The van der Waals surface area contributed by atoms with Gasteiger partial charge in [-0.1, -0.05) is 0 Å². The van der Waals surface area contributed by atoms with Crippen molar-refractivity contribution in [1.82, 2.24) is 15.3 Å². The molecule has 13 heavy (non-hydrogen) atoms. The number of methoxy groups -OCH3 is 1. The highest BCUT2D eigenvalue weighted by Crippen LogP contribution is 2.09. The van der Waals surface area contributed by atoms with E-state index >= 15 is 0 Å². The fourth-order valence-electron chi connectivity index (χ4n) is 1.10. The van der Waals surface area contributed by atoms with Crippen LogP contribution in [0.1, 0.15) is 0 Å². The smallest absolute Gasteiger partial charge is 0.226 e. The lowest BCUT2D eigenvalue weighted by molar-refractivity contribution is 0.396. The van der Waals surface area contributed by atoms with Crippen molar-refractivity contribution in [3.05, 3.63) is 12.3 Å². The monoisotopic (exact) mass is 180 g/mol. The van der Waals surface area contributed by atoms with E-state index < -0.39 is 0 Å². The topological polar surface area (TPSA) is 59.1 Å². The van der Waals surface area contributed by atoms with Gasteiger partial charge in [-0.15, -0.1) is 0 Å². The number of aromatic nitrogens is 2. The molecule has 0 saturated carbocycles. The molecule has 1 fully saturated rings. The first-order chi connectivity index (χ1) is 6.38. The summed E-state index contributed by atoms with van der Waals surface area (Å²) >= 11 is 0. The average Bonchev–Trinajstić information content (AvgIpc) is 2.12. The minimum Gasteiger partial charge on any atom is -0.481 e. The molecule has 2 heterocycles. The van der Waals surface area contributed by atoms with E-state index in [1.54, 1.807) is 19.4 Å². The van der Waals surface area contributed by atoms with E-state index in [-0.39, 0.29) is 0 Å². The lowest BCUT2D eigenvalue weighted by Crippen LogP contribution is -2.51. The summed E-state index contributed by atoms with van der Waals surface area (Å²) < 4.78 is 4.98. The van der Waals surface area contributed by atoms with Gasteiger partial charge in [0.1, 0.15) is 0 Å². The van der Waals surface area contributed by atoms with Crippen molar-refractivity contribution in [2.75, 3.05) is 25.5 Å². The van der Waals surface area contributed by atoms with Crippen molar-refractivity contribution < 1.29 is 4.74 Å². The Morgan fingerprint density at radius 1 is 1.62 bits per heavy atom. The molecule has 0 bridgehead atoms. The molecule has 1 aromatic rings. The molecule has 1 aliphatic rings. The number of anilines is 1. The molecule has 1 saturated heterocycles. The van der Waals surface area contributed by atoms with Crippen LogP contribution in [0.15, 0.2) is 12.3 Å². The van der Waals surface area contributed by atoms with Gasteiger partial charge in [-0.25, -0.2) is 4.98 Å². The Labute approximate surface area is 76.5 Å². The van der Waals surface area contributed by atoms with Crippen molar-refractivity contribution in [3.8, 4) is 5.88 Å². The molecule has 0 amide bonds. The van der Waals surface area contributed by atoms with Gasteiger partial charge in [0.25, 0.3) is 0 Å². The molecule has 2 rings (SSSR count). The largest absolute Gasteiger partial charge is 0.481 e. The third-order valence-electron chi connectivity index (χ3n) is 1.95. The molecule has 1 aliphatic heterocycles. The van der Waals surface area contributed by atoms with Crippen molar-refractivity contribution >= 4 is 5.95 Å². The fourth-order valence-corrected chi connectivity index (χ4v) is 1.10.